The maximum atomic E-state index is 5.88. The average Bonchev–Trinajstić information content (AvgIpc) is 2.76. The Bertz CT molecular complexity index is 329. The van der Waals surface area contributed by atoms with Crippen molar-refractivity contribution in [3.8, 4) is 0 Å². The lowest BCUT2D eigenvalue weighted by Gasteiger charge is -2.07. The van der Waals surface area contributed by atoms with Crippen molar-refractivity contribution in [2.75, 3.05) is 0 Å². The van der Waals surface area contributed by atoms with E-state index in [-0.39, 0.29) is 0 Å². The normalized spacial score (nSPS) is 32.4. The monoisotopic (exact) mass is 192 g/mol. The Kier molecular flexibility index (Phi) is 1.83. The second kappa shape index (κ2) is 3.05. The fraction of sp³-hybridized carbons (Fsp3) is 0.800. The average molecular weight is 192 g/mol. The van der Waals surface area contributed by atoms with Crippen LogP contribution >= 0.6 is 0 Å². The van der Waals surface area contributed by atoms with Crippen LogP contribution in [0.3, 0.4) is 0 Å². The molecule has 1 heterocycles. The molecule has 14 heavy (non-hydrogen) atoms. The lowest BCUT2D eigenvalue weighted by Crippen LogP contribution is -2.16. The number of nitrogens with two attached hydrogens (primary N) is 1. The van der Waals surface area contributed by atoms with Crippen molar-refractivity contribution in [2.24, 2.45) is 5.73 Å². The third-order valence-electron chi connectivity index (χ3n) is 3.34. The Labute approximate surface area is 83.5 Å². The fourth-order valence-corrected chi connectivity index (χ4v) is 2.27. The zero-order valence-electron chi connectivity index (χ0n) is 8.26. The van der Waals surface area contributed by atoms with Gasteiger partial charge in [0.2, 0.25) is 0 Å². The molecule has 0 unspecified atom stereocenters. The van der Waals surface area contributed by atoms with E-state index in [2.05, 4.69) is 16.5 Å². The highest BCUT2D eigenvalue weighted by molar-refractivity contribution is 5.09. The molecule has 1 aromatic heterocycles. The molecule has 0 spiro atoms. The summed E-state index contributed by atoms with van der Waals surface area (Å²) >= 11 is 0. The van der Waals surface area contributed by atoms with Gasteiger partial charge in [0.05, 0.1) is 11.7 Å². The van der Waals surface area contributed by atoms with Crippen molar-refractivity contribution in [3.05, 3.63) is 11.9 Å². The lowest BCUT2D eigenvalue weighted by atomic mass is 10.2. The van der Waals surface area contributed by atoms with Gasteiger partial charge in [0.25, 0.3) is 0 Å². The van der Waals surface area contributed by atoms with Crippen molar-refractivity contribution < 1.29 is 0 Å². The Morgan fingerprint density at radius 2 is 2.14 bits per heavy atom. The van der Waals surface area contributed by atoms with Crippen LogP contribution in [0.5, 0.6) is 0 Å². The summed E-state index contributed by atoms with van der Waals surface area (Å²) in [5, 5.41) is 8.42. The quantitative estimate of drug-likeness (QED) is 0.766. The van der Waals surface area contributed by atoms with Gasteiger partial charge < -0.3 is 5.73 Å². The number of rotatable bonds is 2. The number of aromatic nitrogens is 3. The molecule has 2 aliphatic rings. The van der Waals surface area contributed by atoms with Crippen molar-refractivity contribution >= 4 is 0 Å². The summed E-state index contributed by atoms with van der Waals surface area (Å²) in [5.74, 6) is 0.707. The number of nitrogens with zero attached hydrogens (tertiary/aromatic N) is 3. The van der Waals surface area contributed by atoms with Gasteiger partial charge in [0, 0.05) is 18.2 Å². The predicted molar refractivity (Wildman–Crippen MR) is 52.9 cm³/mol. The summed E-state index contributed by atoms with van der Waals surface area (Å²) in [6, 6.07) is 0.874. The van der Waals surface area contributed by atoms with E-state index in [0.717, 1.165) is 19.3 Å². The predicted octanol–water partition coefficient (Wildman–Crippen LogP) is 1.21. The SMILES string of the molecule is N[C@@H]1CC[C@H](n2cc(C3CC3)nn2)C1. The minimum absolute atomic E-state index is 0.369. The van der Waals surface area contributed by atoms with E-state index in [1.54, 1.807) is 0 Å². The Balaban J connectivity index is 1.75. The van der Waals surface area contributed by atoms with E-state index in [4.69, 9.17) is 5.73 Å². The molecule has 4 nitrogen and oxygen atoms in total. The summed E-state index contributed by atoms with van der Waals surface area (Å²) in [5.41, 5.74) is 7.07. The summed E-state index contributed by atoms with van der Waals surface area (Å²) in [7, 11) is 0. The van der Waals surface area contributed by atoms with Crippen LogP contribution in [0.15, 0.2) is 6.20 Å². The van der Waals surface area contributed by atoms with Gasteiger partial charge in [-0.15, -0.1) is 5.10 Å². The van der Waals surface area contributed by atoms with Crippen LogP contribution in [0.2, 0.25) is 0 Å². The van der Waals surface area contributed by atoms with Crippen molar-refractivity contribution in [3.63, 3.8) is 0 Å². The van der Waals surface area contributed by atoms with E-state index in [1.165, 1.54) is 18.5 Å². The zero-order chi connectivity index (χ0) is 9.54. The van der Waals surface area contributed by atoms with E-state index >= 15 is 0 Å². The van der Waals surface area contributed by atoms with Gasteiger partial charge in [-0.25, -0.2) is 4.68 Å². The van der Waals surface area contributed by atoms with Crippen LogP contribution in [0.4, 0.5) is 0 Å². The second-order valence-corrected chi connectivity index (χ2v) is 4.62. The Hall–Kier alpha value is -0.900. The van der Waals surface area contributed by atoms with Crippen LogP contribution in [0, 0.1) is 0 Å². The fourth-order valence-electron chi connectivity index (χ4n) is 2.27. The summed E-state index contributed by atoms with van der Waals surface area (Å²) in [6.45, 7) is 0. The molecule has 0 saturated heterocycles. The van der Waals surface area contributed by atoms with Crippen LogP contribution < -0.4 is 5.73 Å². The maximum Gasteiger partial charge on any atom is 0.0858 e. The van der Waals surface area contributed by atoms with Crippen LogP contribution in [-0.2, 0) is 0 Å². The molecule has 4 heteroatoms. The van der Waals surface area contributed by atoms with Crippen molar-refractivity contribution in [1.29, 1.82) is 0 Å². The third kappa shape index (κ3) is 1.43. The Morgan fingerprint density at radius 3 is 2.79 bits per heavy atom. The van der Waals surface area contributed by atoms with Crippen molar-refractivity contribution in [1.82, 2.24) is 15.0 Å². The molecular formula is C10H16N4. The van der Waals surface area contributed by atoms with Crippen LogP contribution in [0.1, 0.15) is 49.8 Å². The first-order valence-corrected chi connectivity index (χ1v) is 5.50. The molecule has 0 bridgehead atoms. The number of hydrogen-bond donors (Lipinski definition) is 1. The van der Waals surface area contributed by atoms with Gasteiger partial charge in [-0.1, -0.05) is 5.21 Å². The molecule has 0 radical (unpaired) electrons. The molecule has 2 saturated carbocycles. The highest BCUT2D eigenvalue weighted by Crippen LogP contribution is 2.39. The Morgan fingerprint density at radius 1 is 1.29 bits per heavy atom. The molecule has 2 fully saturated rings. The third-order valence-corrected chi connectivity index (χ3v) is 3.34. The summed E-state index contributed by atoms with van der Waals surface area (Å²) in [4.78, 5) is 0. The van der Waals surface area contributed by atoms with E-state index < -0.39 is 0 Å². The minimum Gasteiger partial charge on any atom is -0.328 e. The molecule has 3 rings (SSSR count). The summed E-state index contributed by atoms with van der Waals surface area (Å²) < 4.78 is 2.03. The van der Waals surface area contributed by atoms with E-state index in [9.17, 15) is 0 Å². The van der Waals surface area contributed by atoms with E-state index in [1.807, 2.05) is 4.68 Å². The van der Waals surface area contributed by atoms with Gasteiger partial charge in [0.15, 0.2) is 0 Å². The smallest absolute Gasteiger partial charge is 0.0858 e. The van der Waals surface area contributed by atoms with Gasteiger partial charge >= 0.3 is 0 Å². The second-order valence-electron chi connectivity index (χ2n) is 4.62. The maximum absolute atomic E-state index is 5.88. The molecule has 76 valence electrons. The molecule has 0 aliphatic heterocycles. The van der Waals surface area contributed by atoms with Crippen LogP contribution in [0.25, 0.3) is 0 Å². The first-order valence-electron chi connectivity index (χ1n) is 5.50. The first-order chi connectivity index (χ1) is 6.83. The minimum atomic E-state index is 0.369. The highest BCUT2D eigenvalue weighted by Gasteiger charge is 2.29. The highest BCUT2D eigenvalue weighted by atomic mass is 15.4. The number of hydrogen-bond acceptors (Lipinski definition) is 3. The molecule has 0 aromatic carbocycles. The van der Waals surface area contributed by atoms with Gasteiger partial charge in [0.1, 0.15) is 0 Å². The standard InChI is InChI=1S/C10H16N4/c11-8-3-4-9(5-8)14-6-10(12-13-14)7-1-2-7/h6-9H,1-5,11H2/t8-,9+/m1/s1. The summed E-state index contributed by atoms with van der Waals surface area (Å²) in [6.07, 6.45) is 8.07. The molecule has 1 aromatic rings. The topological polar surface area (TPSA) is 56.7 Å². The molecular weight excluding hydrogens is 176 g/mol. The van der Waals surface area contributed by atoms with Crippen LogP contribution in [-0.4, -0.2) is 21.0 Å². The molecule has 2 atom stereocenters. The molecule has 0 amide bonds. The van der Waals surface area contributed by atoms with Gasteiger partial charge in [-0.2, -0.15) is 0 Å². The van der Waals surface area contributed by atoms with Gasteiger partial charge in [-0.3, -0.25) is 0 Å². The molecule has 2 aliphatic carbocycles. The van der Waals surface area contributed by atoms with Crippen molar-refractivity contribution in [2.45, 2.75) is 50.1 Å². The lowest BCUT2D eigenvalue weighted by molar-refractivity contribution is 0.448. The molecule has 2 N–H and O–H groups in total. The van der Waals surface area contributed by atoms with Gasteiger partial charge in [-0.05, 0) is 32.1 Å². The first kappa shape index (κ1) is 8.41. The zero-order valence-corrected chi connectivity index (χ0v) is 8.26. The van der Waals surface area contributed by atoms with E-state index in [0.29, 0.717) is 18.0 Å². The largest absolute Gasteiger partial charge is 0.328 e.